The zero-order valence-corrected chi connectivity index (χ0v) is 10.2. The molecule has 92 valence electrons. The summed E-state index contributed by atoms with van der Waals surface area (Å²) in [5, 5.41) is 2.22. The van der Waals surface area contributed by atoms with Crippen molar-refractivity contribution in [3.05, 3.63) is 72.3 Å². The molecule has 2 aromatic carbocycles. The highest BCUT2D eigenvalue weighted by Gasteiger charge is 2.13. The average molecular weight is 248 g/mol. The van der Waals surface area contributed by atoms with E-state index in [0.717, 1.165) is 21.9 Å². The van der Waals surface area contributed by atoms with E-state index in [1.54, 1.807) is 24.8 Å². The summed E-state index contributed by atoms with van der Waals surface area (Å²) >= 11 is 0. The summed E-state index contributed by atoms with van der Waals surface area (Å²) in [6.45, 7) is 0. The molecule has 19 heavy (non-hydrogen) atoms. The lowest BCUT2D eigenvalue weighted by Crippen LogP contribution is -2.00. The predicted octanol–water partition coefficient (Wildman–Crippen LogP) is 3.46. The van der Waals surface area contributed by atoms with Gasteiger partial charge in [-0.25, -0.2) is 4.98 Å². The van der Waals surface area contributed by atoms with Crippen LogP contribution in [-0.4, -0.2) is 15.8 Å². The summed E-state index contributed by atoms with van der Waals surface area (Å²) in [6, 6.07) is 11.9. The summed E-state index contributed by atoms with van der Waals surface area (Å²) in [7, 11) is 0. The molecule has 0 saturated heterocycles. The van der Waals surface area contributed by atoms with Crippen LogP contribution in [0.3, 0.4) is 0 Å². The number of allylic oxidation sites excluding steroid dienone is 1. The Bertz CT molecular complexity index is 720. The van der Waals surface area contributed by atoms with E-state index in [2.05, 4.69) is 9.97 Å². The molecule has 0 bridgehead atoms. The number of rotatable bonds is 0. The third kappa shape index (κ3) is 2.18. The summed E-state index contributed by atoms with van der Waals surface area (Å²) in [4.78, 5) is 18.0. The number of imidazole rings is 1. The zero-order chi connectivity index (χ0) is 13.1. The fourth-order valence-corrected chi connectivity index (χ4v) is 2.18. The number of aromatic nitrogens is 2. The molecule has 1 aliphatic rings. The van der Waals surface area contributed by atoms with Crippen LogP contribution in [0.1, 0.15) is 15.9 Å². The maximum Gasteiger partial charge on any atom is 0.186 e. The van der Waals surface area contributed by atoms with E-state index in [9.17, 15) is 4.79 Å². The fourth-order valence-electron chi connectivity index (χ4n) is 2.18. The molecule has 0 fully saturated rings. The molecule has 0 aliphatic heterocycles. The van der Waals surface area contributed by atoms with Gasteiger partial charge in [-0.05, 0) is 17.0 Å². The molecular weight excluding hydrogens is 236 g/mol. The highest BCUT2D eigenvalue weighted by Crippen LogP contribution is 2.27. The molecule has 0 amide bonds. The molecule has 1 aliphatic carbocycles. The SMILES string of the molecule is O=C1C=Cc2cccc3cccc1c23.c1c[nH]cn1. The number of benzene rings is 2. The maximum absolute atomic E-state index is 11.6. The molecule has 3 heteroatoms. The lowest BCUT2D eigenvalue weighted by molar-refractivity contribution is 0.104. The van der Waals surface area contributed by atoms with Crippen molar-refractivity contribution < 1.29 is 4.79 Å². The van der Waals surface area contributed by atoms with Gasteiger partial charge < -0.3 is 4.98 Å². The minimum absolute atomic E-state index is 0.106. The van der Waals surface area contributed by atoms with Crippen LogP contribution >= 0.6 is 0 Å². The normalized spacial score (nSPS) is 12.1. The molecule has 4 rings (SSSR count). The molecule has 1 N–H and O–H groups in total. The van der Waals surface area contributed by atoms with Crippen molar-refractivity contribution in [3.8, 4) is 0 Å². The van der Waals surface area contributed by atoms with Crippen molar-refractivity contribution in [2.75, 3.05) is 0 Å². The molecule has 0 saturated carbocycles. The van der Waals surface area contributed by atoms with Crippen molar-refractivity contribution in [2.24, 2.45) is 0 Å². The smallest absolute Gasteiger partial charge is 0.186 e. The highest BCUT2D eigenvalue weighted by molar-refractivity contribution is 6.19. The molecule has 1 aromatic heterocycles. The van der Waals surface area contributed by atoms with Crippen LogP contribution in [0.4, 0.5) is 0 Å². The van der Waals surface area contributed by atoms with Gasteiger partial charge >= 0.3 is 0 Å². The Hall–Kier alpha value is -2.68. The van der Waals surface area contributed by atoms with Crippen molar-refractivity contribution in [1.82, 2.24) is 9.97 Å². The number of carbonyl (C=O) groups is 1. The second-order valence-corrected chi connectivity index (χ2v) is 4.21. The number of hydrogen-bond donors (Lipinski definition) is 1. The van der Waals surface area contributed by atoms with Gasteiger partial charge in [-0.2, -0.15) is 0 Å². The monoisotopic (exact) mass is 248 g/mol. The van der Waals surface area contributed by atoms with Crippen LogP contribution in [-0.2, 0) is 0 Å². The Morgan fingerprint density at radius 2 is 1.84 bits per heavy atom. The molecule has 3 aromatic rings. The second kappa shape index (κ2) is 4.90. The van der Waals surface area contributed by atoms with E-state index in [-0.39, 0.29) is 5.78 Å². The van der Waals surface area contributed by atoms with Crippen LogP contribution in [0, 0.1) is 0 Å². The second-order valence-electron chi connectivity index (χ2n) is 4.21. The first kappa shape index (κ1) is 11.4. The van der Waals surface area contributed by atoms with Crippen LogP contribution in [0.5, 0.6) is 0 Å². The zero-order valence-electron chi connectivity index (χ0n) is 10.2. The van der Waals surface area contributed by atoms with Gasteiger partial charge in [0, 0.05) is 23.3 Å². The minimum Gasteiger partial charge on any atom is -0.351 e. The molecule has 0 spiro atoms. The Balaban J connectivity index is 0.000000187. The van der Waals surface area contributed by atoms with Gasteiger partial charge in [0.1, 0.15) is 0 Å². The van der Waals surface area contributed by atoms with Gasteiger partial charge in [-0.15, -0.1) is 0 Å². The number of ketones is 1. The van der Waals surface area contributed by atoms with E-state index < -0.39 is 0 Å². The standard InChI is InChI=1S/C13H8O.C3H4N2/c14-12-8-7-10-4-1-3-9-5-2-6-11(12)13(9)10;1-2-5-3-4-1/h1-8H;1-3H,(H,4,5). The van der Waals surface area contributed by atoms with E-state index in [1.807, 2.05) is 42.5 Å². The van der Waals surface area contributed by atoms with Gasteiger partial charge in [-0.3, -0.25) is 4.79 Å². The molecule has 0 unspecified atom stereocenters. The molecule has 1 heterocycles. The van der Waals surface area contributed by atoms with Gasteiger partial charge in [0.15, 0.2) is 5.78 Å². The Labute approximate surface area is 110 Å². The lowest BCUT2D eigenvalue weighted by atomic mass is 9.92. The van der Waals surface area contributed by atoms with Crippen molar-refractivity contribution in [3.63, 3.8) is 0 Å². The topological polar surface area (TPSA) is 45.8 Å². The first-order chi connectivity index (χ1) is 9.36. The van der Waals surface area contributed by atoms with Crippen molar-refractivity contribution in [2.45, 2.75) is 0 Å². The predicted molar refractivity (Wildman–Crippen MR) is 75.9 cm³/mol. The van der Waals surface area contributed by atoms with Crippen LogP contribution in [0.25, 0.3) is 16.8 Å². The molecule has 3 nitrogen and oxygen atoms in total. The van der Waals surface area contributed by atoms with Crippen molar-refractivity contribution in [1.29, 1.82) is 0 Å². The number of nitrogens with zero attached hydrogens (tertiary/aromatic N) is 1. The van der Waals surface area contributed by atoms with Gasteiger partial charge in [0.25, 0.3) is 0 Å². The number of hydrogen-bond acceptors (Lipinski definition) is 2. The van der Waals surface area contributed by atoms with E-state index >= 15 is 0 Å². The summed E-state index contributed by atoms with van der Waals surface area (Å²) < 4.78 is 0. The minimum atomic E-state index is 0.106. The molecular formula is C16H12N2O. The summed E-state index contributed by atoms with van der Waals surface area (Å²) in [5.74, 6) is 0.106. The Morgan fingerprint density at radius 1 is 1.00 bits per heavy atom. The third-order valence-electron chi connectivity index (χ3n) is 3.02. The number of carbonyl (C=O) groups excluding carboxylic acids is 1. The van der Waals surface area contributed by atoms with Gasteiger partial charge in [-0.1, -0.05) is 42.5 Å². The first-order valence-electron chi connectivity index (χ1n) is 6.03. The van der Waals surface area contributed by atoms with Gasteiger partial charge in [0.2, 0.25) is 0 Å². The largest absolute Gasteiger partial charge is 0.351 e. The lowest BCUT2D eigenvalue weighted by Gasteiger charge is -2.10. The van der Waals surface area contributed by atoms with Crippen molar-refractivity contribution >= 4 is 22.6 Å². The third-order valence-corrected chi connectivity index (χ3v) is 3.02. The van der Waals surface area contributed by atoms with E-state index in [0.29, 0.717) is 0 Å². The first-order valence-corrected chi connectivity index (χ1v) is 6.03. The van der Waals surface area contributed by atoms with E-state index in [1.165, 1.54) is 0 Å². The summed E-state index contributed by atoms with van der Waals surface area (Å²) in [6.07, 6.45) is 8.61. The fraction of sp³-hybridized carbons (Fsp3) is 0. The maximum atomic E-state index is 11.6. The highest BCUT2D eigenvalue weighted by atomic mass is 16.1. The van der Waals surface area contributed by atoms with Crippen LogP contribution in [0.2, 0.25) is 0 Å². The molecule has 0 atom stereocenters. The number of aromatic amines is 1. The summed E-state index contributed by atoms with van der Waals surface area (Å²) in [5.41, 5.74) is 1.96. The average Bonchev–Trinajstić information content (AvgIpc) is 3.02. The van der Waals surface area contributed by atoms with Gasteiger partial charge in [0.05, 0.1) is 6.33 Å². The number of H-pyrrole nitrogens is 1. The number of nitrogens with one attached hydrogen (secondary N) is 1. The van der Waals surface area contributed by atoms with E-state index in [4.69, 9.17) is 0 Å². The quantitative estimate of drug-likeness (QED) is 0.662. The van der Waals surface area contributed by atoms with Crippen LogP contribution < -0.4 is 0 Å². The van der Waals surface area contributed by atoms with Crippen LogP contribution in [0.15, 0.2) is 61.2 Å². The Morgan fingerprint density at radius 3 is 2.53 bits per heavy atom. The molecule has 0 radical (unpaired) electrons. The Kier molecular flexibility index (Phi) is 2.94.